The Bertz CT molecular complexity index is 1240. The molecule has 0 saturated carbocycles. The number of methoxy groups -OCH3 is 1. The van der Waals surface area contributed by atoms with Gasteiger partial charge in [-0.3, -0.25) is 14.5 Å². The summed E-state index contributed by atoms with van der Waals surface area (Å²) in [6, 6.07) is 30.1. The van der Waals surface area contributed by atoms with E-state index in [0.29, 0.717) is 19.6 Å². The van der Waals surface area contributed by atoms with E-state index in [9.17, 15) is 14.4 Å². The van der Waals surface area contributed by atoms with Crippen LogP contribution in [0, 0.1) is 11.8 Å². The van der Waals surface area contributed by atoms with E-state index in [1.54, 1.807) is 11.9 Å². The molecule has 40 heavy (non-hydrogen) atoms. The first-order valence-corrected chi connectivity index (χ1v) is 13.9. The normalized spacial score (nSPS) is 19.5. The van der Waals surface area contributed by atoms with Crippen LogP contribution in [0.25, 0.3) is 0 Å². The largest absolute Gasteiger partial charge is 0.467 e. The molecule has 3 atom stereocenters. The number of ether oxygens (including phenoxy) is 1. The molecule has 7 nitrogen and oxygen atoms in total. The standard InChI is InChI=1S/C33H37N3O4/c1-23(2)29(32(39)40-4)34(3)30(37)24-20-35(21-24)31(38)28-22-36(28)33(25-14-8-5-9-15-25,26-16-10-6-11-17-26)27-18-12-7-13-19-27/h5-19,23-24,28-29H,20-22H2,1-4H3/t28-,29+,36?/m1/s1. The molecule has 0 N–H and O–H groups in total. The van der Waals surface area contributed by atoms with Crippen molar-refractivity contribution in [1.29, 1.82) is 0 Å². The predicted molar refractivity (Wildman–Crippen MR) is 153 cm³/mol. The highest BCUT2D eigenvalue weighted by Crippen LogP contribution is 2.48. The second-order valence-corrected chi connectivity index (χ2v) is 11.1. The molecule has 5 rings (SSSR count). The van der Waals surface area contributed by atoms with Gasteiger partial charge in [-0.1, -0.05) is 105 Å². The van der Waals surface area contributed by atoms with E-state index in [1.165, 1.54) is 12.0 Å². The summed E-state index contributed by atoms with van der Waals surface area (Å²) in [4.78, 5) is 44.8. The maximum absolute atomic E-state index is 13.8. The molecule has 2 aliphatic heterocycles. The highest BCUT2D eigenvalue weighted by molar-refractivity contribution is 5.91. The van der Waals surface area contributed by atoms with E-state index in [0.717, 1.165) is 16.7 Å². The fourth-order valence-corrected chi connectivity index (χ4v) is 6.21. The number of amides is 2. The number of benzene rings is 3. The molecule has 2 amide bonds. The van der Waals surface area contributed by atoms with E-state index < -0.39 is 17.6 Å². The van der Waals surface area contributed by atoms with Crippen molar-refractivity contribution in [3.05, 3.63) is 108 Å². The van der Waals surface area contributed by atoms with Crippen molar-refractivity contribution in [1.82, 2.24) is 14.7 Å². The maximum atomic E-state index is 13.8. The lowest BCUT2D eigenvalue weighted by molar-refractivity contribution is -0.159. The quantitative estimate of drug-likeness (QED) is 0.235. The number of carbonyl (C=O) groups excluding carboxylic acids is 3. The first-order valence-electron chi connectivity index (χ1n) is 13.9. The molecule has 0 spiro atoms. The summed E-state index contributed by atoms with van der Waals surface area (Å²) in [5.74, 6) is -0.929. The van der Waals surface area contributed by atoms with Crippen LogP contribution in [-0.4, -0.2) is 78.4 Å². The SMILES string of the molecule is COC(=O)[C@H](C(C)C)N(C)C(=O)C1CN(C(=O)[C@H]2CN2C(c2ccccc2)(c2ccccc2)c2ccccc2)C1. The van der Waals surface area contributed by atoms with Gasteiger partial charge in [0.25, 0.3) is 0 Å². The Kier molecular flexibility index (Phi) is 7.76. The zero-order valence-corrected chi connectivity index (χ0v) is 23.6. The Labute approximate surface area is 236 Å². The van der Waals surface area contributed by atoms with Crippen LogP contribution < -0.4 is 0 Å². The van der Waals surface area contributed by atoms with Gasteiger partial charge in [0.2, 0.25) is 11.8 Å². The zero-order valence-electron chi connectivity index (χ0n) is 23.6. The third-order valence-electron chi connectivity index (χ3n) is 8.28. The first-order chi connectivity index (χ1) is 19.3. The molecule has 3 aromatic carbocycles. The van der Waals surface area contributed by atoms with Gasteiger partial charge >= 0.3 is 5.97 Å². The number of likely N-dealkylation sites (N-methyl/N-ethyl adjacent to an activating group) is 1. The average Bonchev–Trinajstić information content (AvgIpc) is 3.75. The van der Waals surface area contributed by atoms with Crippen molar-refractivity contribution >= 4 is 17.8 Å². The van der Waals surface area contributed by atoms with E-state index >= 15 is 0 Å². The maximum Gasteiger partial charge on any atom is 0.328 e. The third-order valence-corrected chi connectivity index (χ3v) is 8.28. The second kappa shape index (κ2) is 11.3. The molecule has 0 aromatic heterocycles. The molecule has 208 valence electrons. The lowest BCUT2D eigenvalue weighted by atomic mass is 9.76. The number of rotatable bonds is 9. The molecule has 2 fully saturated rings. The number of nitrogens with zero attached hydrogens (tertiary/aromatic N) is 3. The molecule has 0 aliphatic carbocycles. The van der Waals surface area contributed by atoms with E-state index in [4.69, 9.17) is 4.74 Å². The summed E-state index contributed by atoms with van der Waals surface area (Å²) >= 11 is 0. The lowest BCUT2D eigenvalue weighted by Crippen LogP contribution is -2.59. The minimum absolute atomic E-state index is 0.0345. The molecular formula is C33H37N3O4. The van der Waals surface area contributed by atoms with Crippen molar-refractivity contribution in [2.24, 2.45) is 11.8 Å². The van der Waals surface area contributed by atoms with Gasteiger partial charge in [0, 0.05) is 26.7 Å². The van der Waals surface area contributed by atoms with E-state index in [-0.39, 0.29) is 29.7 Å². The summed E-state index contributed by atoms with van der Waals surface area (Å²) in [6.07, 6.45) is 0. The van der Waals surface area contributed by atoms with Crippen LogP contribution in [0.4, 0.5) is 0 Å². The van der Waals surface area contributed by atoms with Gasteiger partial charge in [-0.25, -0.2) is 4.79 Å². The molecule has 3 aromatic rings. The molecule has 2 saturated heterocycles. The molecule has 0 bridgehead atoms. The summed E-state index contributed by atoms with van der Waals surface area (Å²) < 4.78 is 4.93. The Morgan fingerprint density at radius 1 is 0.800 bits per heavy atom. The van der Waals surface area contributed by atoms with Crippen LogP contribution in [0.5, 0.6) is 0 Å². The molecule has 7 heteroatoms. The Morgan fingerprint density at radius 3 is 1.65 bits per heavy atom. The van der Waals surface area contributed by atoms with Crippen molar-refractivity contribution in [2.45, 2.75) is 31.5 Å². The second-order valence-electron chi connectivity index (χ2n) is 11.1. The fraction of sp³-hybridized carbons (Fsp3) is 0.364. The van der Waals surface area contributed by atoms with E-state index in [2.05, 4.69) is 41.3 Å². The molecule has 1 unspecified atom stereocenters. The number of carbonyl (C=O) groups is 3. The van der Waals surface area contributed by atoms with Gasteiger partial charge in [-0.15, -0.1) is 0 Å². The monoisotopic (exact) mass is 539 g/mol. The first kappa shape index (κ1) is 27.6. The smallest absolute Gasteiger partial charge is 0.328 e. The highest BCUT2D eigenvalue weighted by atomic mass is 16.5. The molecular weight excluding hydrogens is 502 g/mol. The van der Waals surface area contributed by atoms with Crippen LogP contribution >= 0.6 is 0 Å². The van der Waals surface area contributed by atoms with Crippen molar-refractivity contribution in [2.75, 3.05) is 33.8 Å². The van der Waals surface area contributed by atoms with Crippen molar-refractivity contribution < 1.29 is 19.1 Å². The third kappa shape index (κ3) is 4.79. The average molecular weight is 540 g/mol. The predicted octanol–water partition coefficient (Wildman–Crippen LogP) is 3.78. The number of esters is 1. The summed E-state index contributed by atoms with van der Waals surface area (Å²) in [5.41, 5.74) is 2.67. The Balaban J connectivity index is 1.37. The van der Waals surface area contributed by atoms with Gasteiger partial charge in [0.05, 0.1) is 18.6 Å². The van der Waals surface area contributed by atoms with Gasteiger partial charge in [0.1, 0.15) is 12.1 Å². The number of hydrogen-bond acceptors (Lipinski definition) is 5. The molecule has 2 aliphatic rings. The van der Waals surface area contributed by atoms with Crippen LogP contribution in [0.3, 0.4) is 0 Å². The Hall–Kier alpha value is -3.97. The van der Waals surface area contributed by atoms with Gasteiger partial charge in [-0.2, -0.15) is 0 Å². The van der Waals surface area contributed by atoms with Gasteiger partial charge in [0.15, 0.2) is 0 Å². The summed E-state index contributed by atoms with van der Waals surface area (Å²) in [7, 11) is 2.98. The molecule has 2 heterocycles. The minimum Gasteiger partial charge on any atom is -0.467 e. The van der Waals surface area contributed by atoms with Crippen molar-refractivity contribution in [3.8, 4) is 0 Å². The van der Waals surface area contributed by atoms with Crippen LogP contribution in [0.15, 0.2) is 91.0 Å². The van der Waals surface area contributed by atoms with Gasteiger partial charge < -0.3 is 14.5 Å². The topological polar surface area (TPSA) is 69.9 Å². The minimum atomic E-state index is -0.649. The number of hydrogen-bond donors (Lipinski definition) is 0. The lowest BCUT2D eigenvalue weighted by Gasteiger charge is -2.42. The van der Waals surface area contributed by atoms with Crippen molar-refractivity contribution in [3.63, 3.8) is 0 Å². The summed E-state index contributed by atoms with van der Waals surface area (Å²) in [5, 5.41) is 0. The fourth-order valence-electron chi connectivity index (χ4n) is 6.21. The Morgan fingerprint density at radius 2 is 1.25 bits per heavy atom. The zero-order chi connectivity index (χ0) is 28.4. The molecule has 0 radical (unpaired) electrons. The summed E-state index contributed by atoms with van der Waals surface area (Å²) in [6.45, 7) is 5.11. The van der Waals surface area contributed by atoms with E-state index in [1.807, 2.05) is 68.4 Å². The van der Waals surface area contributed by atoms with Crippen LogP contribution in [-0.2, 0) is 24.7 Å². The number of likely N-dealkylation sites (tertiary alicyclic amines) is 1. The van der Waals surface area contributed by atoms with Crippen LogP contribution in [0.2, 0.25) is 0 Å². The highest BCUT2D eigenvalue weighted by Gasteiger charge is 2.58. The van der Waals surface area contributed by atoms with Crippen LogP contribution in [0.1, 0.15) is 30.5 Å². The van der Waals surface area contributed by atoms with Gasteiger partial charge in [-0.05, 0) is 22.6 Å².